The zero-order chi connectivity index (χ0) is 14.6. The standard InChI is InChI=1S/C16H18ClFN2O/c17-15-13(6-12(18)7-19-15)16(21)20-14-10-2-8-1-9(4-10)5-11(14)3-8/h6-11,14H,1-5H2,(H,20,21). The van der Waals surface area contributed by atoms with Crippen LogP contribution in [-0.4, -0.2) is 16.9 Å². The quantitative estimate of drug-likeness (QED) is 0.851. The summed E-state index contributed by atoms with van der Waals surface area (Å²) in [6.07, 6.45) is 7.33. The second-order valence-corrected chi connectivity index (χ2v) is 7.28. The predicted molar refractivity (Wildman–Crippen MR) is 77.5 cm³/mol. The molecular formula is C16H18ClFN2O. The molecule has 1 heterocycles. The van der Waals surface area contributed by atoms with E-state index in [1.807, 2.05) is 0 Å². The molecule has 0 aliphatic heterocycles. The lowest BCUT2D eigenvalue weighted by Crippen LogP contribution is -2.55. The van der Waals surface area contributed by atoms with Gasteiger partial charge in [0.15, 0.2) is 0 Å². The van der Waals surface area contributed by atoms with Crippen LogP contribution in [0.15, 0.2) is 12.3 Å². The first-order chi connectivity index (χ1) is 10.1. The van der Waals surface area contributed by atoms with E-state index < -0.39 is 5.82 Å². The molecule has 1 aromatic heterocycles. The Morgan fingerprint density at radius 2 is 1.81 bits per heavy atom. The largest absolute Gasteiger partial charge is 0.349 e. The molecule has 0 saturated heterocycles. The van der Waals surface area contributed by atoms with Crippen molar-refractivity contribution in [3.05, 3.63) is 28.8 Å². The molecule has 4 fully saturated rings. The SMILES string of the molecule is O=C(NC1C2CC3CC(C2)CC1C3)c1cc(F)cnc1Cl. The third kappa shape index (κ3) is 2.33. The number of carbonyl (C=O) groups excluding carboxylic acids is 1. The van der Waals surface area contributed by atoms with Gasteiger partial charge in [-0.2, -0.15) is 0 Å². The van der Waals surface area contributed by atoms with Crippen molar-refractivity contribution in [1.82, 2.24) is 10.3 Å². The van der Waals surface area contributed by atoms with E-state index in [0.29, 0.717) is 11.8 Å². The normalized spacial score (nSPS) is 36.8. The fourth-order valence-corrected chi connectivity index (χ4v) is 5.16. The van der Waals surface area contributed by atoms with E-state index in [1.165, 1.54) is 38.2 Å². The summed E-state index contributed by atoms with van der Waals surface area (Å²) in [6, 6.07) is 1.39. The minimum atomic E-state index is -0.533. The molecule has 0 spiro atoms. The first-order valence-corrected chi connectivity index (χ1v) is 8.10. The highest BCUT2D eigenvalue weighted by atomic mass is 35.5. The molecule has 3 nitrogen and oxygen atoms in total. The van der Waals surface area contributed by atoms with Gasteiger partial charge in [0.2, 0.25) is 0 Å². The maximum absolute atomic E-state index is 13.3. The van der Waals surface area contributed by atoms with Crippen LogP contribution in [0.25, 0.3) is 0 Å². The molecule has 4 aliphatic rings. The third-order valence-corrected chi connectivity index (χ3v) is 5.88. The van der Waals surface area contributed by atoms with Gasteiger partial charge in [-0.25, -0.2) is 9.37 Å². The smallest absolute Gasteiger partial charge is 0.254 e. The summed E-state index contributed by atoms with van der Waals surface area (Å²) < 4.78 is 13.3. The zero-order valence-electron chi connectivity index (χ0n) is 11.7. The Kier molecular flexibility index (Phi) is 3.18. The molecule has 21 heavy (non-hydrogen) atoms. The molecule has 0 atom stereocenters. The summed E-state index contributed by atoms with van der Waals surface area (Å²) in [5.74, 6) is 2.08. The average Bonchev–Trinajstić information content (AvgIpc) is 2.44. The summed E-state index contributed by atoms with van der Waals surface area (Å²) in [5.41, 5.74) is 0.144. The van der Waals surface area contributed by atoms with Gasteiger partial charge in [0.25, 0.3) is 5.91 Å². The zero-order valence-corrected chi connectivity index (χ0v) is 12.4. The van der Waals surface area contributed by atoms with Crippen molar-refractivity contribution >= 4 is 17.5 Å². The van der Waals surface area contributed by atoms with E-state index in [0.717, 1.165) is 18.0 Å². The van der Waals surface area contributed by atoms with E-state index in [-0.39, 0.29) is 22.7 Å². The number of hydrogen-bond acceptors (Lipinski definition) is 2. The van der Waals surface area contributed by atoms with Crippen molar-refractivity contribution < 1.29 is 9.18 Å². The molecule has 5 heteroatoms. The molecule has 5 rings (SSSR count). The molecule has 0 aromatic carbocycles. The van der Waals surface area contributed by atoms with Crippen LogP contribution >= 0.6 is 11.6 Å². The van der Waals surface area contributed by atoms with Crippen LogP contribution in [-0.2, 0) is 0 Å². The van der Waals surface area contributed by atoms with Gasteiger partial charge < -0.3 is 5.32 Å². The molecule has 0 radical (unpaired) electrons. The highest BCUT2D eigenvalue weighted by molar-refractivity contribution is 6.32. The Bertz CT molecular complexity index is 564. The first kappa shape index (κ1) is 13.5. The van der Waals surface area contributed by atoms with Crippen LogP contribution in [0, 0.1) is 29.5 Å². The van der Waals surface area contributed by atoms with Crippen LogP contribution in [0.3, 0.4) is 0 Å². The van der Waals surface area contributed by atoms with E-state index in [9.17, 15) is 9.18 Å². The predicted octanol–water partition coefficient (Wildman–Crippen LogP) is 3.43. The maximum Gasteiger partial charge on any atom is 0.254 e. The minimum Gasteiger partial charge on any atom is -0.349 e. The summed E-state index contributed by atoms with van der Waals surface area (Å²) in [4.78, 5) is 16.1. The van der Waals surface area contributed by atoms with E-state index >= 15 is 0 Å². The Morgan fingerprint density at radius 1 is 1.19 bits per heavy atom. The van der Waals surface area contributed by atoms with Gasteiger partial charge >= 0.3 is 0 Å². The Labute approximate surface area is 128 Å². The van der Waals surface area contributed by atoms with Crippen molar-refractivity contribution in [2.24, 2.45) is 23.7 Å². The van der Waals surface area contributed by atoms with Gasteiger partial charge in [-0.3, -0.25) is 4.79 Å². The highest BCUT2D eigenvalue weighted by Crippen LogP contribution is 2.53. The number of rotatable bonds is 2. The number of nitrogens with one attached hydrogen (secondary N) is 1. The van der Waals surface area contributed by atoms with E-state index in [2.05, 4.69) is 10.3 Å². The lowest BCUT2D eigenvalue weighted by atomic mass is 9.54. The second-order valence-electron chi connectivity index (χ2n) is 6.92. The maximum atomic E-state index is 13.3. The molecule has 1 amide bonds. The monoisotopic (exact) mass is 308 g/mol. The van der Waals surface area contributed by atoms with Gasteiger partial charge in [0.1, 0.15) is 11.0 Å². The molecule has 112 valence electrons. The van der Waals surface area contributed by atoms with Crippen molar-refractivity contribution in [2.45, 2.75) is 38.1 Å². The molecule has 1 N–H and O–H groups in total. The van der Waals surface area contributed by atoms with Crippen LogP contribution in [0.5, 0.6) is 0 Å². The molecular weight excluding hydrogens is 291 g/mol. The fourth-order valence-electron chi connectivity index (χ4n) is 4.97. The van der Waals surface area contributed by atoms with Gasteiger partial charge in [-0.15, -0.1) is 0 Å². The van der Waals surface area contributed by atoms with Crippen molar-refractivity contribution in [3.8, 4) is 0 Å². The summed E-state index contributed by atoms with van der Waals surface area (Å²) in [7, 11) is 0. The van der Waals surface area contributed by atoms with Crippen molar-refractivity contribution in [1.29, 1.82) is 0 Å². The second kappa shape index (κ2) is 4.94. The highest BCUT2D eigenvalue weighted by Gasteiger charge is 2.48. The summed E-state index contributed by atoms with van der Waals surface area (Å²) in [5, 5.41) is 3.18. The Morgan fingerprint density at radius 3 is 2.43 bits per heavy atom. The Hall–Kier alpha value is -1.16. The van der Waals surface area contributed by atoms with Crippen LogP contribution < -0.4 is 5.32 Å². The lowest BCUT2D eigenvalue weighted by molar-refractivity contribution is -0.0119. The summed E-state index contributed by atoms with van der Waals surface area (Å²) >= 11 is 5.92. The Balaban J connectivity index is 1.53. The van der Waals surface area contributed by atoms with Crippen molar-refractivity contribution in [3.63, 3.8) is 0 Å². The number of pyridine rings is 1. The topological polar surface area (TPSA) is 42.0 Å². The van der Waals surface area contributed by atoms with E-state index in [1.54, 1.807) is 0 Å². The minimum absolute atomic E-state index is 0.0673. The van der Waals surface area contributed by atoms with Crippen molar-refractivity contribution in [2.75, 3.05) is 0 Å². The number of aromatic nitrogens is 1. The number of nitrogens with zero attached hydrogens (tertiary/aromatic N) is 1. The molecule has 4 aliphatic carbocycles. The van der Waals surface area contributed by atoms with Gasteiger partial charge in [0, 0.05) is 6.04 Å². The number of carbonyl (C=O) groups is 1. The third-order valence-electron chi connectivity index (χ3n) is 5.57. The molecule has 1 aromatic rings. The average molecular weight is 309 g/mol. The molecule has 4 saturated carbocycles. The van der Waals surface area contributed by atoms with Crippen LogP contribution in [0.1, 0.15) is 42.5 Å². The lowest BCUT2D eigenvalue weighted by Gasteiger charge is -2.54. The summed E-state index contributed by atoms with van der Waals surface area (Å²) in [6.45, 7) is 0. The molecule has 0 unspecified atom stereocenters. The number of amides is 1. The number of halogens is 2. The van der Waals surface area contributed by atoms with Gasteiger partial charge in [0.05, 0.1) is 11.8 Å². The van der Waals surface area contributed by atoms with Gasteiger partial charge in [-0.05, 0) is 61.8 Å². The fraction of sp³-hybridized carbons (Fsp3) is 0.625. The van der Waals surface area contributed by atoms with Crippen LogP contribution in [0.4, 0.5) is 4.39 Å². The van der Waals surface area contributed by atoms with Gasteiger partial charge in [-0.1, -0.05) is 11.6 Å². The van der Waals surface area contributed by atoms with Crippen LogP contribution in [0.2, 0.25) is 5.15 Å². The first-order valence-electron chi connectivity index (χ1n) is 7.72. The number of hydrogen-bond donors (Lipinski definition) is 1. The van der Waals surface area contributed by atoms with E-state index in [4.69, 9.17) is 11.6 Å². The molecule has 4 bridgehead atoms.